The summed E-state index contributed by atoms with van der Waals surface area (Å²) in [5.74, 6) is 12.1. The van der Waals surface area contributed by atoms with Gasteiger partial charge in [-0.25, -0.2) is 4.79 Å². The van der Waals surface area contributed by atoms with E-state index in [-0.39, 0.29) is 49.6 Å². The van der Waals surface area contributed by atoms with Gasteiger partial charge < -0.3 is 20.7 Å². The smallest absolute Gasteiger partial charge is 0.339 e. The lowest BCUT2D eigenvalue weighted by Gasteiger charge is -2.31. The maximum Gasteiger partial charge on any atom is 0.339 e. The van der Waals surface area contributed by atoms with Gasteiger partial charge in [0.05, 0.1) is 37.9 Å². The number of likely N-dealkylation sites (tertiary alicyclic amines) is 1. The minimum atomic E-state index is -0.557. The molecule has 0 bridgehead atoms. The number of nitrogens with zero attached hydrogens (tertiary/aromatic N) is 5. The second-order valence-electron chi connectivity index (χ2n) is 12.5. The average Bonchev–Trinajstić information content (AvgIpc) is 3.63. The van der Waals surface area contributed by atoms with Crippen LogP contribution in [0, 0.1) is 50.4 Å². The summed E-state index contributed by atoms with van der Waals surface area (Å²) in [5.41, 5.74) is 10.8. The van der Waals surface area contributed by atoms with Crippen molar-refractivity contribution in [2.75, 3.05) is 33.3 Å². The van der Waals surface area contributed by atoms with E-state index in [9.17, 15) is 14.4 Å². The van der Waals surface area contributed by atoms with Gasteiger partial charge in [-0.3, -0.25) is 19.1 Å². The predicted molar refractivity (Wildman–Crippen MR) is 208 cm³/mol. The van der Waals surface area contributed by atoms with Gasteiger partial charge in [0.15, 0.2) is 5.82 Å². The van der Waals surface area contributed by atoms with E-state index >= 15 is 0 Å². The summed E-state index contributed by atoms with van der Waals surface area (Å²) in [6.07, 6.45) is 1.20. The molecule has 0 aliphatic carbocycles. The molecule has 4 heterocycles. The highest BCUT2D eigenvalue weighted by atomic mass is 35.5. The summed E-state index contributed by atoms with van der Waals surface area (Å²) in [7, 11) is 1.31. The monoisotopic (exact) mass is 771 g/mol. The molecule has 53 heavy (non-hydrogen) atoms. The Bertz CT molecular complexity index is 2200. The van der Waals surface area contributed by atoms with Crippen molar-refractivity contribution in [1.29, 1.82) is 0 Å². The number of piperidine rings is 1. The Morgan fingerprint density at radius 3 is 2.47 bits per heavy atom. The van der Waals surface area contributed by atoms with Gasteiger partial charge in [0.1, 0.15) is 16.9 Å². The number of nitrogens with one attached hydrogen (secondary N) is 1. The number of fused-ring (bicyclic) bond motifs is 3. The van der Waals surface area contributed by atoms with E-state index in [1.165, 1.54) is 12.0 Å². The SMILES string of the molecule is COC(=O)c1ccc(C#CCNC(=O)C2CCN(C(=O)C[C@@H]3N=C(c4ccc(Cl)cc4)c4c(sc(C)c4C)-n4c(C)nnc43)CC2)cc1C#CCN.Cl. The minimum absolute atomic E-state index is 0. The second-order valence-corrected chi connectivity index (χ2v) is 14.2. The zero-order valence-electron chi connectivity index (χ0n) is 29.8. The first-order valence-electron chi connectivity index (χ1n) is 16.9. The third-order valence-corrected chi connectivity index (χ3v) is 10.7. The number of aromatic nitrogens is 3. The van der Waals surface area contributed by atoms with Crippen LogP contribution in [0.3, 0.4) is 0 Å². The molecule has 4 aromatic rings. The molecule has 2 aliphatic heterocycles. The van der Waals surface area contributed by atoms with Crippen LogP contribution in [0.1, 0.15) is 80.0 Å². The van der Waals surface area contributed by atoms with Crippen molar-refractivity contribution in [2.24, 2.45) is 16.6 Å². The largest absolute Gasteiger partial charge is 0.465 e. The zero-order valence-corrected chi connectivity index (χ0v) is 32.2. The Morgan fingerprint density at radius 1 is 1.04 bits per heavy atom. The zero-order chi connectivity index (χ0) is 36.9. The Labute approximate surface area is 323 Å². The number of amides is 2. The topological polar surface area (TPSA) is 145 Å². The lowest BCUT2D eigenvalue weighted by Crippen LogP contribution is -2.43. The number of carbonyl (C=O) groups excluding carboxylic acids is 3. The highest BCUT2D eigenvalue weighted by Gasteiger charge is 2.34. The van der Waals surface area contributed by atoms with Crippen LogP contribution in [0.15, 0.2) is 47.5 Å². The van der Waals surface area contributed by atoms with E-state index in [1.54, 1.807) is 29.5 Å². The van der Waals surface area contributed by atoms with E-state index in [0.29, 0.717) is 53.5 Å². The standard InChI is InChI=1S/C39H38ClN7O4S.ClH/c1-23-24(2)52-38-34(23)35(27-10-12-30(40)13-11-27)43-32(36-45-44-25(3)47(36)38)22-33(48)46-19-15-28(16-20-46)37(49)42-18-6-7-26-9-14-31(39(50)51-4)29(21-26)8-5-17-41;/h9-14,21,28,32H,15-20,22,41H2,1-4H3,(H,42,49);1H/t32-;/m0./s1. The van der Waals surface area contributed by atoms with Gasteiger partial charge in [-0.15, -0.1) is 33.9 Å². The molecule has 0 unspecified atom stereocenters. The number of thiophene rings is 1. The summed E-state index contributed by atoms with van der Waals surface area (Å²) in [5, 5.41) is 13.4. The summed E-state index contributed by atoms with van der Waals surface area (Å²) in [4.78, 5) is 47.1. The second kappa shape index (κ2) is 17.2. The molecule has 0 radical (unpaired) electrons. The van der Waals surface area contributed by atoms with Crippen molar-refractivity contribution in [3.05, 3.63) is 97.4 Å². The molecule has 14 heteroatoms. The number of hydrogen-bond acceptors (Lipinski definition) is 9. The Kier molecular flexibility index (Phi) is 12.8. The normalized spacial score (nSPS) is 14.9. The van der Waals surface area contributed by atoms with Crippen molar-refractivity contribution in [2.45, 2.75) is 46.1 Å². The number of rotatable bonds is 6. The number of methoxy groups -OCH3 is 1. The molecule has 1 saturated heterocycles. The third-order valence-electron chi connectivity index (χ3n) is 9.28. The van der Waals surface area contributed by atoms with Crippen LogP contribution in [-0.4, -0.2) is 76.4 Å². The van der Waals surface area contributed by atoms with E-state index in [4.69, 9.17) is 27.1 Å². The summed E-state index contributed by atoms with van der Waals surface area (Å²) in [6, 6.07) is 12.1. The number of carbonyl (C=O) groups is 3. The van der Waals surface area contributed by atoms with Crippen LogP contribution < -0.4 is 11.1 Å². The summed E-state index contributed by atoms with van der Waals surface area (Å²) >= 11 is 7.90. The predicted octanol–water partition coefficient (Wildman–Crippen LogP) is 5.11. The van der Waals surface area contributed by atoms with Crippen molar-refractivity contribution >= 4 is 58.8 Å². The lowest BCUT2D eigenvalue weighted by atomic mass is 9.95. The molecule has 2 aromatic carbocycles. The van der Waals surface area contributed by atoms with Gasteiger partial charge in [0.2, 0.25) is 11.8 Å². The minimum Gasteiger partial charge on any atom is -0.465 e. The number of aryl methyl sites for hydroxylation is 2. The first-order valence-corrected chi connectivity index (χ1v) is 18.1. The number of halogens is 2. The maximum absolute atomic E-state index is 13.8. The number of nitrogens with two attached hydrogens (primary N) is 1. The molecule has 0 saturated carbocycles. The van der Waals surface area contributed by atoms with Gasteiger partial charge in [-0.2, -0.15) is 0 Å². The van der Waals surface area contributed by atoms with Crippen molar-refractivity contribution in [1.82, 2.24) is 25.0 Å². The number of aliphatic imine (C=N–C) groups is 1. The van der Waals surface area contributed by atoms with Gasteiger partial charge in [0, 0.05) is 51.2 Å². The van der Waals surface area contributed by atoms with Crippen LogP contribution in [0.25, 0.3) is 5.00 Å². The first kappa shape index (κ1) is 39.2. The molecule has 6 rings (SSSR count). The van der Waals surface area contributed by atoms with Gasteiger partial charge in [-0.05, 0) is 69.5 Å². The van der Waals surface area contributed by atoms with Crippen LogP contribution in [0.2, 0.25) is 5.02 Å². The van der Waals surface area contributed by atoms with E-state index in [0.717, 1.165) is 33.2 Å². The summed E-state index contributed by atoms with van der Waals surface area (Å²) in [6.45, 7) is 7.32. The number of benzene rings is 2. The molecule has 1 atom stereocenters. The molecule has 11 nitrogen and oxygen atoms in total. The van der Waals surface area contributed by atoms with Crippen LogP contribution in [0.5, 0.6) is 0 Å². The van der Waals surface area contributed by atoms with Crippen LogP contribution in [0.4, 0.5) is 0 Å². The quantitative estimate of drug-likeness (QED) is 0.205. The number of ether oxygens (including phenoxy) is 1. The average molecular weight is 773 g/mol. The summed E-state index contributed by atoms with van der Waals surface area (Å²) < 4.78 is 6.87. The number of esters is 1. The van der Waals surface area contributed by atoms with Crippen LogP contribution in [-0.2, 0) is 14.3 Å². The molecule has 274 valence electrons. The van der Waals surface area contributed by atoms with Crippen molar-refractivity contribution in [3.8, 4) is 28.7 Å². The Balaban J connectivity index is 0.00000541. The van der Waals surface area contributed by atoms with E-state index < -0.39 is 12.0 Å². The number of hydrogen-bond donors (Lipinski definition) is 2. The van der Waals surface area contributed by atoms with Gasteiger partial charge in [0.25, 0.3) is 0 Å². The molecule has 2 aliphatic rings. The van der Waals surface area contributed by atoms with Gasteiger partial charge >= 0.3 is 5.97 Å². The van der Waals surface area contributed by atoms with Gasteiger partial charge in [-0.1, -0.05) is 47.4 Å². The fourth-order valence-electron chi connectivity index (χ4n) is 6.40. The molecule has 3 N–H and O–H groups in total. The highest BCUT2D eigenvalue weighted by Crippen LogP contribution is 2.40. The fraction of sp³-hybridized carbons (Fsp3) is 0.333. The molecular formula is C39H39Cl2N7O4S. The third kappa shape index (κ3) is 8.48. The van der Waals surface area contributed by atoms with E-state index in [2.05, 4.69) is 53.0 Å². The van der Waals surface area contributed by atoms with Crippen molar-refractivity contribution in [3.63, 3.8) is 0 Å². The first-order chi connectivity index (χ1) is 25.1. The van der Waals surface area contributed by atoms with Crippen LogP contribution >= 0.6 is 35.3 Å². The highest BCUT2D eigenvalue weighted by molar-refractivity contribution is 7.15. The van der Waals surface area contributed by atoms with E-state index in [1.807, 2.05) is 40.7 Å². The molecule has 2 amide bonds. The Hall–Kier alpha value is -4.98. The molecule has 0 spiro atoms. The van der Waals surface area contributed by atoms with Crippen molar-refractivity contribution < 1.29 is 19.1 Å². The lowest BCUT2D eigenvalue weighted by molar-refractivity contribution is -0.135. The molecule has 1 fully saturated rings. The maximum atomic E-state index is 13.8. The molecule has 2 aromatic heterocycles. The molecular weight excluding hydrogens is 733 g/mol. The Morgan fingerprint density at radius 2 is 1.77 bits per heavy atom. The fourth-order valence-corrected chi connectivity index (χ4v) is 7.74.